The molecule has 0 heterocycles. The molecule has 0 fully saturated rings. The van der Waals surface area contributed by atoms with Crippen LogP contribution < -0.4 is 10.6 Å². The van der Waals surface area contributed by atoms with Gasteiger partial charge in [0.05, 0.1) is 6.42 Å². The van der Waals surface area contributed by atoms with Crippen molar-refractivity contribution in [1.29, 1.82) is 0 Å². The molecular formula is C28H28N2O5. The van der Waals surface area contributed by atoms with Crippen LogP contribution in [0.5, 0.6) is 0 Å². The molecule has 0 unspecified atom stereocenters. The molecule has 0 saturated heterocycles. The van der Waals surface area contributed by atoms with Gasteiger partial charge in [0, 0.05) is 11.6 Å². The van der Waals surface area contributed by atoms with Crippen molar-refractivity contribution in [1.82, 2.24) is 5.32 Å². The summed E-state index contributed by atoms with van der Waals surface area (Å²) in [5.74, 6) is -1.48. The van der Waals surface area contributed by atoms with Crippen LogP contribution in [-0.2, 0) is 20.7 Å². The van der Waals surface area contributed by atoms with E-state index in [4.69, 9.17) is 9.84 Å². The molecule has 1 aliphatic carbocycles. The van der Waals surface area contributed by atoms with Gasteiger partial charge in [-0.2, -0.15) is 0 Å². The fraction of sp³-hybridized carbons (Fsp3) is 0.250. The van der Waals surface area contributed by atoms with Crippen LogP contribution in [0.15, 0.2) is 72.8 Å². The highest BCUT2D eigenvalue weighted by Gasteiger charge is 2.29. The number of hydrogen-bond donors (Lipinski definition) is 3. The van der Waals surface area contributed by atoms with E-state index in [-0.39, 0.29) is 18.9 Å². The zero-order valence-corrected chi connectivity index (χ0v) is 19.5. The van der Waals surface area contributed by atoms with Gasteiger partial charge >= 0.3 is 12.1 Å². The number of carboxylic acid groups (broad SMARTS) is 1. The highest BCUT2D eigenvalue weighted by atomic mass is 16.5. The standard InChI is InChI=1S/C28H28N2O5/c1-2-9-25(27(33)29-24-15-8-3-10-18(24)16-26(31)32)30-28(34)35-17-23-21-13-6-4-11-19(21)20-12-5-7-14-22(20)23/h3-8,10-15,23,25H,2,9,16-17H2,1H3,(H,29,33)(H,30,34)(H,31,32)/t25-/m0/s1. The van der Waals surface area contributed by atoms with E-state index in [9.17, 15) is 14.4 Å². The Morgan fingerprint density at radius 2 is 1.51 bits per heavy atom. The third-order valence-corrected chi connectivity index (χ3v) is 6.15. The minimum absolute atomic E-state index is 0.0745. The Hall–Kier alpha value is -4.13. The molecule has 35 heavy (non-hydrogen) atoms. The molecule has 7 nitrogen and oxygen atoms in total. The number of hydrogen-bond acceptors (Lipinski definition) is 4. The fourth-order valence-corrected chi connectivity index (χ4v) is 4.52. The number of para-hydroxylation sites is 1. The largest absolute Gasteiger partial charge is 0.481 e. The van der Waals surface area contributed by atoms with Crippen LogP contribution in [0.1, 0.15) is 42.4 Å². The lowest BCUT2D eigenvalue weighted by molar-refractivity contribution is -0.136. The number of anilines is 1. The lowest BCUT2D eigenvalue weighted by atomic mass is 9.98. The Bertz CT molecular complexity index is 1190. The van der Waals surface area contributed by atoms with Gasteiger partial charge in [-0.1, -0.05) is 80.1 Å². The van der Waals surface area contributed by atoms with Gasteiger partial charge in [-0.05, 0) is 40.3 Å². The molecule has 7 heteroatoms. The van der Waals surface area contributed by atoms with Gasteiger partial charge in [0.15, 0.2) is 0 Å². The number of amides is 2. The molecule has 180 valence electrons. The minimum atomic E-state index is -0.992. The zero-order valence-electron chi connectivity index (χ0n) is 19.5. The SMILES string of the molecule is CCC[C@H](NC(=O)OCC1c2ccccc2-c2ccccc21)C(=O)Nc1ccccc1CC(=O)O. The van der Waals surface area contributed by atoms with Gasteiger partial charge in [0.2, 0.25) is 5.91 Å². The number of aliphatic carboxylic acids is 1. The fourth-order valence-electron chi connectivity index (χ4n) is 4.52. The smallest absolute Gasteiger partial charge is 0.407 e. The number of carboxylic acids is 1. The van der Waals surface area contributed by atoms with E-state index in [1.54, 1.807) is 24.3 Å². The summed E-state index contributed by atoms with van der Waals surface area (Å²) < 4.78 is 5.59. The van der Waals surface area contributed by atoms with Crippen LogP contribution in [0.3, 0.4) is 0 Å². The number of fused-ring (bicyclic) bond motifs is 3. The van der Waals surface area contributed by atoms with Crippen molar-refractivity contribution in [3.05, 3.63) is 89.5 Å². The molecule has 1 atom stereocenters. The third kappa shape index (κ3) is 5.51. The monoisotopic (exact) mass is 472 g/mol. The second-order valence-electron chi connectivity index (χ2n) is 8.53. The van der Waals surface area contributed by atoms with Crippen LogP contribution >= 0.6 is 0 Å². The van der Waals surface area contributed by atoms with Crippen molar-refractivity contribution in [3.63, 3.8) is 0 Å². The van der Waals surface area contributed by atoms with Gasteiger partial charge in [-0.25, -0.2) is 4.79 Å². The van der Waals surface area contributed by atoms with E-state index in [1.807, 2.05) is 43.3 Å². The Morgan fingerprint density at radius 1 is 0.914 bits per heavy atom. The predicted octanol–water partition coefficient (Wildman–Crippen LogP) is 4.96. The summed E-state index contributed by atoms with van der Waals surface area (Å²) in [5, 5.41) is 14.6. The van der Waals surface area contributed by atoms with E-state index >= 15 is 0 Å². The summed E-state index contributed by atoms with van der Waals surface area (Å²) in [7, 11) is 0. The lowest BCUT2D eigenvalue weighted by Crippen LogP contribution is -2.44. The van der Waals surface area contributed by atoms with Crippen molar-refractivity contribution in [2.75, 3.05) is 11.9 Å². The molecule has 0 radical (unpaired) electrons. The van der Waals surface area contributed by atoms with E-state index in [1.165, 1.54) is 0 Å². The number of nitrogens with one attached hydrogen (secondary N) is 2. The topological polar surface area (TPSA) is 105 Å². The van der Waals surface area contributed by atoms with Gasteiger partial charge in [-0.3, -0.25) is 9.59 Å². The van der Waals surface area contributed by atoms with Crippen LogP contribution in [0.4, 0.5) is 10.5 Å². The second-order valence-corrected chi connectivity index (χ2v) is 8.53. The van der Waals surface area contributed by atoms with Gasteiger partial charge in [-0.15, -0.1) is 0 Å². The first kappa shape index (κ1) is 24.0. The van der Waals surface area contributed by atoms with Crippen molar-refractivity contribution in [2.24, 2.45) is 0 Å². The minimum Gasteiger partial charge on any atom is -0.481 e. The number of carbonyl (C=O) groups excluding carboxylic acids is 2. The molecule has 0 aromatic heterocycles. The Kier molecular flexibility index (Phi) is 7.45. The lowest BCUT2D eigenvalue weighted by Gasteiger charge is -2.20. The van der Waals surface area contributed by atoms with Gasteiger partial charge in [0.1, 0.15) is 12.6 Å². The van der Waals surface area contributed by atoms with Crippen molar-refractivity contribution in [2.45, 2.75) is 38.1 Å². The van der Waals surface area contributed by atoms with Crippen LogP contribution in [0.2, 0.25) is 0 Å². The summed E-state index contributed by atoms with van der Waals surface area (Å²) in [6, 6.07) is 22.1. The molecule has 0 saturated carbocycles. The first-order valence-electron chi connectivity index (χ1n) is 11.7. The molecule has 2 amide bonds. The maximum atomic E-state index is 12.9. The van der Waals surface area contributed by atoms with Crippen molar-refractivity contribution >= 4 is 23.7 Å². The van der Waals surface area contributed by atoms with E-state index in [0.717, 1.165) is 22.3 Å². The molecule has 3 aromatic carbocycles. The molecule has 4 rings (SSSR count). The summed E-state index contributed by atoms with van der Waals surface area (Å²) in [4.78, 5) is 36.8. The van der Waals surface area contributed by atoms with Crippen LogP contribution in [-0.4, -0.2) is 35.7 Å². The normalized spacial score (nSPS) is 12.8. The van der Waals surface area contributed by atoms with E-state index in [2.05, 4.69) is 22.8 Å². The molecule has 0 bridgehead atoms. The summed E-state index contributed by atoms with van der Waals surface area (Å²) in [6.45, 7) is 2.07. The molecule has 1 aliphatic rings. The van der Waals surface area contributed by atoms with Crippen LogP contribution in [0, 0.1) is 0 Å². The maximum absolute atomic E-state index is 12.9. The number of alkyl carbamates (subject to hydrolysis) is 1. The summed E-state index contributed by atoms with van der Waals surface area (Å²) >= 11 is 0. The van der Waals surface area contributed by atoms with Gasteiger partial charge < -0.3 is 20.5 Å². The Labute approximate surface area is 204 Å². The second kappa shape index (κ2) is 10.9. The summed E-state index contributed by atoms with van der Waals surface area (Å²) in [6.07, 6.45) is 0.198. The number of ether oxygens (including phenoxy) is 1. The predicted molar refractivity (Wildman–Crippen MR) is 133 cm³/mol. The van der Waals surface area contributed by atoms with Crippen molar-refractivity contribution in [3.8, 4) is 11.1 Å². The molecule has 0 spiro atoms. The molecule has 0 aliphatic heterocycles. The average Bonchev–Trinajstić information content (AvgIpc) is 3.17. The Balaban J connectivity index is 1.41. The first-order valence-corrected chi connectivity index (χ1v) is 11.7. The number of rotatable bonds is 9. The number of benzene rings is 3. The highest BCUT2D eigenvalue weighted by Crippen LogP contribution is 2.44. The van der Waals surface area contributed by atoms with Crippen LogP contribution in [0.25, 0.3) is 11.1 Å². The average molecular weight is 473 g/mol. The third-order valence-electron chi connectivity index (χ3n) is 6.15. The van der Waals surface area contributed by atoms with Gasteiger partial charge in [0.25, 0.3) is 0 Å². The molecular weight excluding hydrogens is 444 g/mol. The van der Waals surface area contributed by atoms with Crippen molar-refractivity contribution < 1.29 is 24.2 Å². The maximum Gasteiger partial charge on any atom is 0.407 e. The summed E-state index contributed by atoms with van der Waals surface area (Å²) in [5.41, 5.74) is 5.40. The first-order chi connectivity index (χ1) is 17.0. The quantitative estimate of drug-likeness (QED) is 0.408. The highest BCUT2D eigenvalue weighted by molar-refractivity contribution is 5.97. The molecule has 3 N–H and O–H groups in total. The Morgan fingerprint density at radius 3 is 2.14 bits per heavy atom. The zero-order chi connectivity index (χ0) is 24.8. The number of carbonyl (C=O) groups is 3. The molecule has 3 aromatic rings. The van der Waals surface area contributed by atoms with E-state index < -0.39 is 24.0 Å². The van der Waals surface area contributed by atoms with E-state index in [0.29, 0.717) is 24.1 Å².